The van der Waals surface area contributed by atoms with Gasteiger partial charge in [0, 0.05) is 12.8 Å². The van der Waals surface area contributed by atoms with Gasteiger partial charge in [-0.3, -0.25) is 4.98 Å². The Morgan fingerprint density at radius 2 is 1.82 bits per heavy atom. The molecule has 1 aromatic heterocycles. The Morgan fingerprint density at radius 1 is 1.18 bits per heavy atom. The minimum atomic E-state index is -4.09. The summed E-state index contributed by atoms with van der Waals surface area (Å²) in [6.45, 7) is 1.55. The molecule has 0 unspecified atom stereocenters. The molecule has 2 aliphatic rings. The summed E-state index contributed by atoms with van der Waals surface area (Å²) in [7, 11) is -3.24. The number of sulfone groups is 1. The molecule has 4 rings (SSSR count). The van der Waals surface area contributed by atoms with Crippen LogP contribution in [0.3, 0.4) is 0 Å². The van der Waals surface area contributed by atoms with Gasteiger partial charge in [-0.25, -0.2) is 20.0 Å². The zero-order valence-corrected chi connectivity index (χ0v) is 23.5. The normalized spacial score (nSPS) is 19.2. The summed E-state index contributed by atoms with van der Waals surface area (Å²) in [6.07, 6.45) is 3.94. The number of rotatable bonds is 7. The van der Waals surface area contributed by atoms with E-state index in [1.54, 1.807) is 30.5 Å². The molecule has 0 spiro atoms. The molecule has 1 aliphatic carbocycles. The van der Waals surface area contributed by atoms with Crippen LogP contribution in [0, 0.1) is 54.9 Å². The van der Waals surface area contributed by atoms with Crippen molar-refractivity contribution in [1.29, 1.82) is 0 Å². The van der Waals surface area contributed by atoms with Gasteiger partial charge in [0.05, 0.1) is 10.3 Å². The maximum Gasteiger partial charge on any atom is 2.00 e. The summed E-state index contributed by atoms with van der Waals surface area (Å²) >= 11 is 0. The minimum absolute atomic E-state index is 0. The fraction of sp³-hybridized carbons (Fsp3) is 0.500. The number of nitrogens with zero attached hydrogens (tertiary/aromatic N) is 2. The van der Waals surface area contributed by atoms with Crippen LogP contribution < -0.4 is 0 Å². The molecular weight excluding hydrogens is 675 g/mol. The number of halogens is 3. The molecule has 2 heterocycles. The zero-order valence-electron chi connectivity index (χ0n) is 18.5. The van der Waals surface area contributed by atoms with Crippen molar-refractivity contribution in [3.05, 3.63) is 54.6 Å². The van der Waals surface area contributed by atoms with Crippen molar-refractivity contribution in [3.8, 4) is 11.3 Å². The van der Waals surface area contributed by atoms with Crippen LogP contribution in [-0.2, 0) is 16.3 Å². The number of piperidine rings is 1. The van der Waals surface area contributed by atoms with Gasteiger partial charge in [0.2, 0.25) is 0 Å². The molecule has 2 fully saturated rings. The van der Waals surface area contributed by atoms with Crippen LogP contribution in [0.15, 0.2) is 41.4 Å². The van der Waals surface area contributed by atoms with Crippen LogP contribution in [0.1, 0.15) is 31.2 Å². The summed E-state index contributed by atoms with van der Waals surface area (Å²) in [5.74, 6) is 0.381. The first-order valence-corrected chi connectivity index (χ1v) is 12.7. The van der Waals surface area contributed by atoms with Crippen molar-refractivity contribution in [2.24, 2.45) is 11.3 Å². The van der Waals surface area contributed by atoms with Gasteiger partial charge in [-0.05, 0) is 49.3 Å². The Kier molecular flexibility index (Phi) is 8.42. The van der Waals surface area contributed by atoms with E-state index < -0.39 is 21.4 Å². The predicted octanol–water partition coefficient (Wildman–Crippen LogP) is 4.75. The first-order valence-electron chi connectivity index (χ1n) is 10.9. The van der Waals surface area contributed by atoms with Gasteiger partial charge in [-0.15, -0.1) is 0 Å². The van der Waals surface area contributed by atoms with Crippen LogP contribution in [0.5, 0.6) is 0 Å². The molecule has 9 heteroatoms. The largest absolute Gasteiger partial charge is 2.00 e. The van der Waals surface area contributed by atoms with Crippen molar-refractivity contribution in [3.63, 3.8) is 0 Å². The van der Waals surface area contributed by atoms with E-state index in [0.29, 0.717) is 25.4 Å². The Bertz CT molecular complexity index is 1050. The monoisotopic (exact) mass is 702 g/mol. The molecule has 33 heavy (non-hydrogen) atoms. The van der Waals surface area contributed by atoms with Crippen LogP contribution in [-0.4, -0.2) is 50.4 Å². The van der Waals surface area contributed by atoms with E-state index in [0.717, 1.165) is 29.7 Å². The third kappa shape index (κ3) is 6.62. The molecule has 2 aromatic rings. The molecule has 0 atom stereocenters. The van der Waals surface area contributed by atoms with Crippen molar-refractivity contribution in [2.45, 2.75) is 43.2 Å². The van der Waals surface area contributed by atoms with Gasteiger partial charge >= 0.3 is 37.3 Å². The number of hydrogen-bond donors (Lipinski definition) is 0. The van der Waals surface area contributed by atoms with E-state index in [-0.39, 0.29) is 55.4 Å². The van der Waals surface area contributed by atoms with E-state index in [9.17, 15) is 21.6 Å². The van der Waals surface area contributed by atoms with E-state index >= 15 is 0 Å². The average molecular weight is 703 g/mol. The molecule has 4 nitrogen and oxygen atoms in total. The molecular formula is C24H27F3N2O2SU. The standard InChI is InChI=1S/C24H27F3N2O2S.U/c1-32(30,31)21-6-4-20(5-7-21)22-16-19(8-13-28-22)3-2-18-9-14-29(15-10-18)17-23(11-12-23)24(25,26)27;/h2,4-7,13,16,18H,3,9-12,14-15,17H2,1H3;/q-2;+2. The van der Waals surface area contributed by atoms with Gasteiger partial charge < -0.3 is 11.3 Å². The van der Waals surface area contributed by atoms with Crippen LogP contribution >= 0.6 is 0 Å². The van der Waals surface area contributed by atoms with E-state index in [1.165, 1.54) is 6.26 Å². The van der Waals surface area contributed by atoms with E-state index in [1.807, 2.05) is 11.0 Å². The second-order valence-corrected chi connectivity index (χ2v) is 11.1. The van der Waals surface area contributed by atoms with E-state index in [4.69, 9.17) is 0 Å². The van der Waals surface area contributed by atoms with Crippen LogP contribution in [0.2, 0.25) is 0 Å². The molecule has 1 saturated heterocycles. The van der Waals surface area contributed by atoms with Crippen LogP contribution in [0.4, 0.5) is 13.2 Å². The molecule has 0 radical (unpaired) electrons. The van der Waals surface area contributed by atoms with Gasteiger partial charge in [-0.2, -0.15) is 31.6 Å². The van der Waals surface area contributed by atoms with Gasteiger partial charge in [-0.1, -0.05) is 31.2 Å². The number of likely N-dealkylation sites (tertiary alicyclic amines) is 1. The molecule has 0 bridgehead atoms. The maximum absolute atomic E-state index is 13.2. The Labute approximate surface area is 217 Å². The number of alkyl halides is 3. The topological polar surface area (TPSA) is 50.3 Å². The minimum Gasteiger partial charge on any atom is -0.324 e. The smallest absolute Gasteiger partial charge is 0.324 e. The third-order valence-electron chi connectivity index (χ3n) is 6.63. The summed E-state index contributed by atoms with van der Waals surface area (Å²) < 4.78 is 62.8. The van der Waals surface area contributed by atoms with Gasteiger partial charge in [0.15, 0.2) is 9.84 Å². The summed E-state index contributed by atoms with van der Waals surface area (Å²) in [5, 5.41) is 0. The molecule has 0 amide bonds. The summed E-state index contributed by atoms with van der Waals surface area (Å²) in [6, 6.07) is 11.7. The molecule has 176 valence electrons. The summed E-state index contributed by atoms with van der Waals surface area (Å²) in [5.41, 5.74) is 1.12. The number of benzene rings is 1. The van der Waals surface area contributed by atoms with Crippen molar-refractivity contribution in [1.82, 2.24) is 9.88 Å². The quantitative estimate of drug-likeness (QED) is 0.391. The van der Waals surface area contributed by atoms with Crippen molar-refractivity contribution < 1.29 is 52.7 Å². The molecule has 0 N–H and O–H groups in total. The third-order valence-corrected chi connectivity index (χ3v) is 7.76. The van der Waals surface area contributed by atoms with Crippen molar-refractivity contribution in [2.75, 3.05) is 25.9 Å². The molecule has 1 aliphatic heterocycles. The summed E-state index contributed by atoms with van der Waals surface area (Å²) in [4.78, 5) is 6.59. The van der Waals surface area contributed by atoms with Gasteiger partial charge in [0.1, 0.15) is 0 Å². The zero-order chi connectivity index (χ0) is 23.0. The fourth-order valence-electron chi connectivity index (χ4n) is 4.33. The number of aromatic nitrogens is 1. The molecule has 1 aromatic carbocycles. The first kappa shape index (κ1) is 26.7. The fourth-order valence-corrected chi connectivity index (χ4v) is 4.96. The van der Waals surface area contributed by atoms with Crippen LogP contribution in [0.25, 0.3) is 11.3 Å². The molecule has 1 saturated carbocycles. The predicted molar refractivity (Wildman–Crippen MR) is 117 cm³/mol. The van der Waals surface area contributed by atoms with Crippen molar-refractivity contribution >= 4 is 9.84 Å². The average Bonchev–Trinajstić information content (AvgIpc) is 3.54. The van der Waals surface area contributed by atoms with E-state index in [2.05, 4.69) is 17.5 Å². The second-order valence-electron chi connectivity index (χ2n) is 9.09. The second kappa shape index (κ2) is 10.4. The Morgan fingerprint density at radius 3 is 2.36 bits per heavy atom. The maximum atomic E-state index is 13.2. The van der Waals surface area contributed by atoms with Gasteiger partial charge in [0.25, 0.3) is 0 Å². The Balaban J connectivity index is 0.00000306. The number of pyridine rings is 1. The Hall–Kier alpha value is -0.878. The first-order chi connectivity index (χ1) is 15.1. The number of hydrogen-bond acceptors (Lipinski definition) is 4. The SMILES string of the molecule is CS(=O)(=O)c1ccc(-c2cc(C[CH-]C3CCN(CC4(C(F)(F)F)CC4)CC3)[c-]cn2)cc1.[U+2].